The van der Waals surface area contributed by atoms with E-state index < -0.39 is 10.0 Å². The summed E-state index contributed by atoms with van der Waals surface area (Å²) < 4.78 is 26.2. The zero-order valence-electron chi connectivity index (χ0n) is 11.8. The molecule has 19 heavy (non-hydrogen) atoms. The number of benzene rings is 1. The van der Waals surface area contributed by atoms with Gasteiger partial charge in [0, 0.05) is 13.6 Å². The van der Waals surface area contributed by atoms with Crippen LogP contribution in [0.4, 0.5) is 5.69 Å². The summed E-state index contributed by atoms with van der Waals surface area (Å²) in [6, 6.07) is 2.97. The Bertz CT molecular complexity index is 535. The van der Waals surface area contributed by atoms with Gasteiger partial charge in [-0.1, -0.05) is 31.9 Å². The van der Waals surface area contributed by atoms with Gasteiger partial charge in [0.15, 0.2) is 0 Å². The van der Waals surface area contributed by atoms with E-state index in [2.05, 4.69) is 0 Å². The van der Waals surface area contributed by atoms with Gasteiger partial charge in [-0.05, 0) is 30.5 Å². The Morgan fingerprint density at radius 2 is 2.00 bits per heavy atom. The summed E-state index contributed by atoms with van der Waals surface area (Å²) in [5, 5.41) is 0.406. The predicted octanol–water partition coefficient (Wildman–Crippen LogP) is 2.90. The second-order valence-electron chi connectivity index (χ2n) is 4.94. The molecule has 0 heterocycles. The summed E-state index contributed by atoms with van der Waals surface area (Å²) >= 11 is 5.95. The maximum Gasteiger partial charge on any atom is 0.242 e. The number of halogens is 1. The summed E-state index contributed by atoms with van der Waals surface area (Å²) in [4.78, 5) is 0.192. The van der Waals surface area contributed by atoms with Gasteiger partial charge < -0.3 is 5.73 Å². The van der Waals surface area contributed by atoms with Crippen LogP contribution in [0.15, 0.2) is 17.0 Å². The highest BCUT2D eigenvalue weighted by molar-refractivity contribution is 7.89. The van der Waals surface area contributed by atoms with Crippen LogP contribution in [0.25, 0.3) is 0 Å². The third-order valence-electron chi connectivity index (χ3n) is 3.23. The molecule has 1 unspecified atom stereocenters. The van der Waals surface area contributed by atoms with Gasteiger partial charge in [0.2, 0.25) is 10.0 Å². The van der Waals surface area contributed by atoms with E-state index in [-0.39, 0.29) is 10.6 Å². The number of nitrogen functional groups attached to an aromatic ring is 1. The van der Waals surface area contributed by atoms with E-state index in [1.165, 1.54) is 10.4 Å². The lowest BCUT2D eigenvalue weighted by atomic mass is 10.1. The van der Waals surface area contributed by atoms with E-state index in [1.807, 2.05) is 13.8 Å². The van der Waals surface area contributed by atoms with E-state index >= 15 is 0 Å². The molecule has 0 aliphatic rings. The SMILES string of the molecule is CCC(C)CN(C)S(=O)(=O)c1cc(C)c(Cl)c(N)c1. The smallest absolute Gasteiger partial charge is 0.242 e. The normalized spacial score (nSPS) is 13.8. The largest absolute Gasteiger partial charge is 0.397 e. The zero-order chi connectivity index (χ0) is 14.8. The van der Waals surface area contributed by atoms with E-state index in [1.54, 1.807) is 20.0 Å². The maximum absolute atomic E-state index is 12.4. The van der Waals surface area contributed by atoms with Crippen LogP contribution in [0.3, 0.4) is 0 Å². The van der Waals surface area contributed by atoms with Crippen LogP contribution >= 0.6 is 11.6 Å². The minimum atomic E-state index is -3.51. The molecule has 4 nitrogen and oxygen atoms in total. The standard InChI is InChI=1S/C13H21ClN2O2S/c1-5-9(2)8-16(4)19(17,18)11-6-10(3)13(14)12(15)7-11/h6-7,9H,5,8,15H2,1-4H3. The third-order valence-corrected chi connectivity index (χ3v) is 5.55. The second kappa shape index (κ2) is 6.11. The highest BCUT2D eigenvalue weighted by Gasteiger charge is 2.23. The van der Waals surface area contributed by atoms with Gasteiger partial charge in [-0.3, -0.25) is 0 Å². The molecule has 0 saturated carbocycles. The molecule has 108 valence electrons. The van der Waals surface area contributed by atoms with Gasteiger partial charge in [-0.2, -0.15) is 0 Å². The number of rotatable bonds is 5. The van der Waals surface area contributed by atoms with Gasteiger partial charge in [-0.25, -0.2) is 12.7 Å². The molecule has 0 bridgehead atoms. The third kappa shape index (κ3) is 3.61. The van der Waals surface area contributed by atoms with Crippen LogP contribution in [0, 0.1) is 12.8 Å². The topological polar surface area (TPSA) is 63.4 Å². The molecular formula is C13H21ClN2O2S. The van der Waals surface area contributed by atoms with Crippen molar-refractivity contribution < 1.29 is 8.42 Å². The molecule has 0 spiro atoms. The first-order chi connectivity index (χ1) is 8.70. The lowest BCUT2D eigenvalue weighted by molar-refractivity contribution is 0.393. The molecule has 0 fully saturated rings. The fraction of sp³-hybridized carbons (Fsp3) is 0.538. The Balaban J connectivity index is 3.13. The Hall–Kier alpha value is -0.780. The van der Waals surface area contributed by atoms with Gasteiger partial charge in [0.05, 0.1) is 15.6 Å². The molecule has 0 aromatic heterocycles. The van der Waals surface area contributed by atoms with Gasteiger partial charge in [-0.15, -0.1) is 0 Å². The predicted molar refractivity (Wildman–Crippen MR) is 79.9 cm³/mol. The first-order valence-corrected chi connectivity index (χ1v) is 8.03. The number of nitrogens with two attached hydrogens (primary N) is 1. The number of hydrogen-bond acceptors (Lipinski definition) is 3. The molecule has 0 saturated heterocycles. The molecule has 1 rings (SSSR count). The quantitative estimate of drug-likeness (QED) is 0.851. The molecule has 1 atom stereocenters. The van der Waals surface area contributed by atoms with E-state index in [0.29, 0.717) is 23.0 Å². The molecule has 0 radical (unpaired) electrons. The highest BCUT2D eigenvalue weighted by Crippen LogP contribution is 2.28. The molecule has 2 N–H and O–H groups in total. The van der Waals surface area contributed by atoms with E-state index in [9.17, 15) is 8.42 Å². The highest BCUT2D eigenvalue weighted by atomic mass is 35.5. The van der Waals surface area contributed by atoms with Crippen molar-refractivity contribution in [1.82, 2.24) is 4.31 Å². The summed E-state index contributed by atoms with van der Waals surface area (Å²) in [6.07, 6.45) is 0.932. The summed E-state index contributed by atoms with van der Waals surface area (Å²) in [6.45, 7) is 6.29. The average molecular weight is 305 g/mol. The van der Waals surface area contributed by atoms with Crippen LogP contribution in [0.2, 0.25) is 5.02 Å². The molecule has 0 aliphatic heterocycles. The first kappa shape index (κ1) is 16.3. The van der Waals surface area contributed by atoms with Crippen molar-refractivity contribution in [1.29, 1.82) is 0 Å². The van der Waals surface area contributed by atoms with Crippen LogP contribution in [-0.4, -0.2) is 26.3 Å². The number of aryl methyl sites for hydroxylation is 1. The zero-order valence-corrected chi connectivity index (χ0v) is 13.3. The number of hydrogen-bond donors (Lipinski definition) is 1. The lowest BCUT2D eigenvalue weighted by Crippen LogP contribution is -2.31. The van der Waals surface area contributed by atoms with Crippen LogP contribution in [0.5, 0.6) is 0 Å². The van der Waals surface area contributed by atoms with E-state index in [0.717, 1.165) is 6.42 Å². The fourth-order valence-electron chi connectivity index (χ4n) is 1.76. The fourth-order valence-corrected chi connectivity index (χ4v) is 3.28. The van der Waals surface area contributed by atoms with Crippen molar-refractivity contribution in [3.63, 3.8) is 0 Å². The lowest BCUT2D eigenvalue weighted by Gasteiger charge is -2.21. The van der Waals surface area contributed by atoms with Crippen LogP contribution in [-0.2, 0) is 10.0 Å². The van der Waals surface area contributed by atoms with Gasteiger partial charge in [0.1, 0.15) is 0 Å². The first-order valence-electron chi connectivity index (χ1n) is 6.22. The number of anilines is 1. The summed E-state index contributed by atoms with van der Waals surface area (Å²) in [5.74, 6) is 0.311. The van der Waals surface area contributed by atoms with Crippen molar-refractivity contribution in [3.05, 3.63) is 22.7 Å². The van der Waals surface area contributed by atoms with Crippen LogP contribution in [0.1, 0.15) is 25.8 Å². The van der Waals surface area contributed by atoms with Crippen LogP contribution < -0.4 is 5.73 Å². The number of nitrogens with zero attached hydrogens (tertiary/aromatic N) is 1. The molecule has 0 amide bonds. The van der Waals surface area contributed by atoms with Crippen molar-refractivity contribution in [3.8, 4) is 0 Å². The number of sulfonamides is 1. The molecule has 1 aromatic rings. The van der Waals surface area contributed by atoms with Crippen molar-refractivity contribution in [2.75, 3.05) is 19.3 Å². The molecule has 1 aromatic carbocycles. The molecular weight excluding hydrogens is 284 g/mol. The Morgan fingerprint density at radius 1 is 1.42 bits per heavy atom. The Kier molecular flexibility index (Phi) is 5.24. The monoisotopic (exact) mass is 304 g/mol. The summed E-state index contributed by atoms with van der Waals surface area (Å²) in [7, 11) is -1.93. The minimum absolute atomic E-state index is 0.192. The summed E-state index contributed by atoms with van der Waals surface area (Å²) in [5.41, 5.74) is 6.68. The average Bonchev–Trinajstić information content (AvgIpc) is 2.34. The Labute approximate surface area is 120 Å². The maximum atomic E-state index is 12.4. The van der Waals surface area contributed by atoms with Gasteiger partial charge >= 0.3 is 0 Å². The molecule has 0 aliphatic carbocycles. The van der Waals surface area contributed by atoms with Crippen molar-refractivity contribution in [2.45, 2.75) is 32.1 Å². The van der Waals surface area contributed by atoms with Crippen molar-refractivity contribution >= 4 is 27.3 Å². The van der Waals surface area contributed by atoms with Gasteiger partial charge in [0.25, 0.3) is 0 Å². The second-order valence-corrected chi connectivity index (χ2v) is 7.37. The molecule has 6 heteroatoms. The minimum Gasteiger partial charge on any atom is -0.397 e. The van der Waals surface area contributed by atoms with Crippen molar-refractivity contribution in [2.24, 2.45) is 5.92 Å². The Morgan fingerprint density at radius 3 is 2.47 bits per heavy atom. The van der Waals surface area contributed by atoms with E-state index in [4.69, 9.17) is 17.3 Å².